The van der Waals surface area contributed by atoms with Crippen LogP contribution in [0.4, 0.5) is 0 Å². The summed E-state index contributed by atoms with van der Waals surface area (Å²) in [5.74, 6) is 0. The van der Waals surface area contributed by atoms with Gasteiger partial charge in [-0.2, -0.15) is 0 Å². The molecule has 0 aromatic heterocycles. The van der Waals surface area contributed by atoms with Crippen LogP contribution in [0.1, 0.15) is 12.8 Å². The van der Waals surface area contributed by atoms with Crippen LogP contribution in [0.2, 0.25) is 0 Å². The molecule has 0 radical (unpaired) electrons. The van der Waals surface area contributed by atoms with Crippen molar-refractivity contribution < 1.29 is 4.74 Å². The van der Waals surface area contributed by atoms with E-state index in [2.05, 4.69) is 15.6 Å². The van der Waals surface area contributed by atoms with E-state index in [1.54, 1.807) is 0 Å². The van der Waals surface area contributed by atoms with Gasteiger partial charge in [-0.25, -0.2) is 4.99 Å². The number of nitrogens with one attached hydrogen (secondary N) is 2. The Kier molecular flexibility index (Phi) is 2.46. The van der Waals surface area contributed by atoms with Gasteiger partial charge in [0.05, 0.1) is 6.61 Å². The van der Waals surface area contributed by atoms with Gasteiger partial charge in [0.2, 0.25) is 0 Å². The lowest BCUT2D eigenvalue weighted by Crippen LogP contribution is -2.39. The third-order valence-electron chi connectivity index (χ3n) is 2.18. The number of aliphatic imine (C=N–C) groups is 1. The highest BCUT2D eigenvalue weighted by Crippen LogP contribution is 2.00. The minimum atomic E-state index is 0.516. The van der Waals surface area contributed by atoms with Crippen LogP contribution in [0.25, 0.3) is 0 Å². The van der Waals surface area contributed by atoms with Crippen LogP contribution in [0.5, 0.6) is 0 Å². The Hall–Kier alpha value is -0.770. The van der Waals surface area contributed by atoms with Gasteiger partial charge in [-0.1, -0.05) is 0 Å². The molecular weight excluding hydrogens is 154 g/mol. The molecule has 0 amide bonds. The van der Waals surface area contributed by atoms with E-state index in [9.17, 15) is 0 Å². The second kappa shape index (κ2) is 3.76. The van der Waals surface area contributed by atoms with Crippen molar-refractivity contribution in [2.24, 2.45) is 4.99 Å². The summed E-state index contributed by atoms with van der Waals surface area (Å²) in [6.07, 6.45) is 2.22. The van der Waals surface area contributed by atoms with E-state index in [1.165, 1.54) is 6.42 Å². The normalized spacial score (nSPS) is 29.3. The molecule has 2 aliphatic rings. The molecule has 0 saturated carbocycles. The fourth-order valence-corrected chi connectivity index (χ4v) is 1.50. The van der Waals surface area contributed by atoms with E-state index < -0.39 is 0 Å². The van der Waals surface area contributed by atoms with E-state index in [0.29, 0.717) is 6.04 Å². The number of hydrogen-bond acceptors (Lipinski definition) is 4. The zero-order valence-electron chi connectivity index (χ0n) is 7.18. The van der Waals surface area contributed by atoms with Crippen LogP contribution in [-0.4, -0.2) is 38.3 Å². The van der Waals surface area contributed by atoms with E-state index in [0.717, 1.165) is 38.7 Å². The van der Waals surface area contributed by atoms with Crippen LogP contribution < -0.4 is 10.6 Å². The van der Waals surface area contributed by atoms with Gasteiger partial charge in [0.15, 0.2) is 0 Å². The SMILES string of the molecule is C1CN=C(NC2CCNC2)OC1. The molecule has 0 aromatic carbocycles. The molecule has 1 fully saturated rings. The molecule has 1 atom stereocenters. The number of ether oxygens (including phenoxy) is 1. The van der Waals surface area contributed by atoms with Crippen LogP contribution in [-0.2, 0) is 4.74 Å². The summed E-state index contributed by atoms with van der Waals surface area (Å²) in [4.78, 5) is 4.25. The Morgan fingerprint density at radius 3 is 3.25 bits per heavy atom. The van der Waals surface area contributed by atoms with Crippen molar-refractivity contribution in [3.05, 3.63) is 0 Å². The molecule has 1 unspecified atom stereocenters. The molecule has 68 valence electrons. The summed E-state index contributed by atoms with van der Waals surface area (Å²) in [6, 6.07) is 1.26. The lowest BCUT2D eigenvalue weighted by atomic mass is 10.3. The van der Waals surface area contributed by atoms with Gasteiger partial charge in [-0.3, -0.25) is 0 Å². The first-order chi connectivity index (χ1) is 5.95. The lowest BCUT2D eigenvalue weighted by Gasteiger charge is -2.18. The Morgan fingerprint density at radius 1 is 1.58 bits per heavy atom. The summed E-state index contributed by atoms with van der Waals surface area (Å²) in [5.41, 5.74) is 0. The maximum absolute atomic E-state index is 5.35. The van der Waals surface area contributed by atoms with Gasteiger partial charge >= 0.3 is 0 Å². The molecule has 4 heteroatoms. The van der Waals surface area contributed by atoms with Gasteiger partial charge in [0, 0.05) is 25.6 Å². The minimum Gasteiger partial charge on any atom is -0.465 e. The van der Waals surface area contributed by atoms with Gasteiger partial charge in [-0.05, 0) is 13.0 Å². The van der Waals surface area contributed by atoms with Gasteiger partial charge < -0.3 is 15.4 Å². The maximum atomic E-state index is 5.35. The van der Waals surface area contributed by atoms with Crippen LogP contribution in [0, 0.1) is 0 Å². The van der Waals surface area contributed by atoms with Gasteiger partial charge in [-0.15, -0.1) is 0 Å². The molecule has 1 saturated heterocycles. The molecule has 2 heterocycles. The molecule has 2 N–H and O–H groups in total. The van der Waals surface area contributed by atoms with Crippen LogP contribution in [0.3, 0.4) is 0 Å². The molecule has 2 rings (SSSR count). The fraction of sp³-hybridized carbons (Fsp3) is 0.875. The monoisotopic (exact) mass is 169 g/mol. The number of amidine groups is 1. The van der Waals surface area contributed by atoms with Crippen molar-refractivity contribution in [3.8, 4) is 0 Å². The van der Waals surface area contributed by atoms with Crippen LogP contribution in [0.15, 0.2) is 4.99 Å². The molecule has 2 aliphatic heterocycles. The van der Waals surface area contributed by atoms with Crippen molar-refractivity contribution in [2.75, 3.05) is 26.2 Å². The number of hydrogen-bond donors (Lipinski definition) is 2. The summed E-state index contributed by atoms with van der Waals surface area (Å²) in [6.45, 7) is 3.85. The summed E-state index contributed by atoms with van der Waals surface area (Å²) >= 11 is 0. The average molecular weight is 169 g/mol. The van der Waals surface area contributed by atoms with E-state index >= 15 is 0 Å². The Morgan fingerprint density at radius 2 is 2.58 bits per heavy atom. The molecule has 12 heavy (non-hydrogen) atoms. The maximum Gasteiger partial charge on any atom is 0.284 e. The van der Waals surface area contributed by atoms with Crippen molar-refractivity contribution in [1.82, 2.24) is 10.6 Å². The third-order valence-corrected chi connectivity index (χ3v) is 2.18. The first-order valence-corrected chi connectivity index (χ1v) is 4.59. The molecule has 0 bridgehead atoms. The smallest absolute Gasteiger partial charge is 0.284 e. The highest BCUT2D eigenvalue weighted by atomic mass is 16.5. The highest BCUT2D eigenvalue weighted by molar-refractivity contribution is 5.74. The predicted octanol–water partition coefficient (Wildman–Crippen LogP) is -0.286. The first-order valence-electron chi connectivity index (χ1n) is 4.59. The van der Waals surface area contributed by atoms with E-state index in [1.807, 2.05) is 0 Å². The number of rotatable bonds is 1. The Balaban J connectivity index is 1.80. The molecule has 4 nitrogen and oxygen atoms in total. The fourth-order valence-electron chi connectivity index (χ4n) is 1.50. The number of nitrogens with zero attached hydrogens (tertiary/aromatic N) is 1. The second-order valence-corrected chi connectivity index (χ2v) is 3.22. The van der Waals surface area contributed by atoms with Crippen molar-refractivity contribution in [3.63, 3.8) is 0 Å². The quantitative estimate of drug-likeness (QED) is 0.567. The zero-order valence-corrected chi connectivity index (χ0v) is 7.18. The lowest BCUT2D eigenvalue weighted by molar-refractivity contribution is 0.263. The zero-order chi connectivity index (χ0) is 8.23. The standard InChI is InChI=1S/C8H15N3O/c1-3-10-8(12-5-1)11-7-2-4-9-6-7/h7,9H,1-6H2,(H,10,11). The molecular formula is C8H15N3O. The summed E-state index contributed by atoms with van der Waals surface area (Å²) in [7, 11) is 0. The van der Waals surface area contributed by atoms with Gasteiger partial charge in [0.25, 0.3) is 6.02 Å². The predicted molar refractivity (Wildman–Crippen MR) is 47.3 cm³/mol. The summed E-state index contributed by atoms with van der Waals surface area (Å²) < 4.78 is 5.35. The minimum absolute atomic E-state index is 0.516. The highest BCUT2D eigenvalue weighted by Gasteiger charge is 2.16. The van der Waals surface area contributed by atoms with Crippen molar-refractivity contribution >= 4 is 6.02 Å². The average Bonchev–Trinajstić information content (AvgIpc) is 2.59. The van der Waals surface area contributed by atoms with E-state index in [-0.39, 0.29) is 0 Å². The largest absolute Gasteiger partial charge is 0.465 e. The Labute approximate surface area is 72.4 Å². The topological polar surface area (TPSA) is 45.7 Å². The van der Waals surface area contributed by atoms with Gasteiger partial charge in [0.1, 0.15) is 0 Å². The first kappa shape index (κ1) is 7.86. The van der Waals surface area contributed by atoms with Crippen molar-refractivity contribution in [1.29, 1.82) is 0 Å². The van der Waals surface area contributed by atoms with E-state index in [4.69, 9.17) is 4.74 Å². The summed E-state index contributed by atoms with van der Waals surface area (Å²) in [5, 5.41) is 6.57. The molecule has 0 aromatic rings. The molecule has 0 aliphatic carbocycles. The molecule has 0 spiro atoms. The van der Waals surface area contributed by atoms with Crippen LogP contribution >= 0.6 is 0 Å². The Bertz CT molecular complexity index is 175. The van der Waals surface area contributed by atoms with Crippen molar-refractivity contribution in [2.45, 2.75) is 18.9 Å². The second-order valence-electron chi connectivity index (χ2n) is 3.22. The third kappa shape index (κ3) is 1.88.